The van der Waals surface area contributed by atoms with Crippen molar-refractivity contribution in [1.29, 1.82) is 0 Å². The van der Waals surface area contributed by atoms with Crippen LogP contribution in [0, 0.1) is 0 Å². The lowest BCUT2D eigenvalue weighted by Gasteiger charge is -2.23. The molecule has 0 heterocycles. The zero-order valence-corrected chi connectivity index (χ0v) is 23.0. The number of carbonyl (C=O) groups is 2. The summed E-state index contributed by atoms with van der Waals surface area (Å²) in [6, 6.07) is 5.32. The molecule has 0 radical (unpaired) electrons. The first-order valence-electron chi connectivity index (χ1n) is 13.7. The van der Waals surface area contributed by atoms with Crippen molar-refractivity contribution in [2.45, 2.75) is 122 Å². The molecule has 196 valence electrons. The Balaban J connectivity index is 1.62. The number of hydrogen-bond acceptors (Lipinski definition) is 3. The summed E-state index contributed by atoms with van der Waals surface area (Å²) in [4.78, 5) is 24.9. The van der Waals surface area contributed by atoms with E-state index in [0.717, 1.165) is 38.5 Å². The van der Waals surface area contributed by atoms with Crippen LogP contribution in [0.5, 0.6) is 0 Å². The molecule has 0 spiro atoms. The molecule has 1 aliphatic rings. The van der Waals surface area contributed by atoms with Gasteiger partial charge in [0.15, 0.2) is 5.11 Å². The lowest BCUT2D eigenvalue weighted by molar-refractivity contribution is -0.119. The Bertz CT molecular complexity index is 796. The van der Waals surface area contributed by atoms with Crippen molar-refractivity contribution in [2.24, 2.45) is 0 Å². The van der Waals surface area contributed by atoms with Crippen LogP contribution < -0.4 is 16.0 Å². The van der Waals surface area contributed by atoms with Gasteiger partial charge >= 0.3 is 0 Å². The van der Waals surface area contributed by atoms with E-state index in [4.69, 9.17) is 23.8 Å². The summed E-state index contributed by atoms with van der Waals surface area (Å²) in [5.41, 5.74) is 1.04. The normalized spacial score (nSPS) is 13.9. The van der Waals surface area contributed by atoms with Crippen molar-refractivity contribution in [1.82, 2.24) is 10.6 Å². The number of rotatable bonds is 15. The van der Waals surface area contributed by atoms with Crippen LogP contribution in [0.3, 0.4) is 0 Å². The highest BCUT2D eigenvalue weighted by atomic mass is 35.5. The van der Waals surface area contributed by atoms with E-state index in [1.54, 1.807) is 18.2 Å². The molecule has 0 saturated heterocycles. The van der Waals surface area contributed by atoms with Crippen LogP contribution in [0.4, 0.5) is 5.69 Å². The average Bonchev–Trinajstić information content (AvgIpc) is 2.84. The highest BCUT2D eigenvalue weighted by molar-refractivity contribution is 7.80. The van der Waals surface area contributed by atoms with Gasteiger partial charge < -0.3 is 16.0 Å². The Morgan fingerprint density at radius 1 is 0.914 bits per heavy atom. The highest BCUT2D eigenvalue weighted by Crippen LogP contribution is 2.23. The molecule has 1 aromatic carbocycles. The second kappa shape index (κ2) is 17.7. The van der Waals surface area contributed by atoms with Gasteiger partial charge in [-0.25, -0.2) is 0 Å². The Morgan fingerprint density at radius 3 is 2.14 bits per heavy atom. The summed E-state index contributed by atoms with van der Waals surface area (Å²) in [7, 11) is 0. The highest BCUT2D eigenvalue weighted by Gasteiger charge is 2.19. The molecule has 1 aliphatic carbocycles. The van der Waals surface area contributed by atoms with Crippen LogP contribution >= 0.6 is 23.8 Å². The number of nitrogens with one attached hydrogen (secondary N) is 3. The Hall–Kier alpha value is -1.66. The molecule has 35 heavy (non-hydrogen) atoms. The molecule has 0 bridgehead atoms. The van der Waals surface area contributed by atoms with Gasteiger partial charge in [-0.1, -0.05) is 102 Å². The number of carbonyl (C=O) groups excluding carboxylic acids is 2. The molecule has 0 unspecified atom stereocenters. The van der Waals surface area contributed by atoms with Crippen LogP contribution in [-0.2, 0) is 4.79 Å². The minimum atomic E-state index is -0.169. The molecule has 1 fully saturated rings. The summed E-state index contributed by atoms with van der Waals surface area (Å²) in [5.74, 6) is -0.250. The summed E-state index contributed by atoms with van der Waals surface area (Å²) >= 11 is 11.6. The molecule has 0 aliphatic heterocycles. The first kappa shape index (κ1) is 29.6. The van der Waals surface area contributed by atoms with Gasteiger partial charge in [0, 0.05) is 18.2 Å². The molecular weight excluding hydrogens is 478 g/mol. The quantitative estimate of drug-likeness (QED) is 0.162. The third-order valence-electron chi connectivity index (χ3n) is 6.67. The van der Waals surface area contributed by atoms with E-state index < -0.39 is 0 Å². The maximum absolute atomic E-state index is 12.7. The zero-order valence-electron chi connectivity index (χ0n) is 21.4. The van der Waals surface area contributed by atoms with Crippen molar-refractivity contribution in [2.75, 3.05) is 5.32 Å². The number of unbranched alkanes of at least 4 members (excludes halogenated alkanes) is 10. The van der Waals surface area contributed by atoms with Gasteiger partial charge in [-0.3, -0.25) is 9.59 Å². The van der Waals surface area contributed by atoms with E-state index in [-0.39, 0.29) is 23.0 Å². The number of hydrogen-bond donors (Lipinski definition) is 3. The maximum atomic E-state index is 12.7. The average molecular weight is 522 g/mol. The SMILES string of the molecule is CCCCCCCCCCCCCC(=O)NC(=S)Nc1ccc(Cl)c(C(=O)NC2CCCCC2)c1. The van der Waals surface area contributed by atoms with E-state index in [9.17, 15) is 9.59 Å². The zero-order chi connectivity index (χ0) is 25.3. The van der Waals surface area contributed by atoms with Crippen LogP contribution in [-0.4, -0.2) is 23.0 Å². The van der Waals surface area contributed by atoms with Gasteiger partial charge in [0.2, 0.25) is 5.91 Å². The standard InChI is InChI=1S/C28H44ClN3O2S/c1-2-3-4-5-6-7-8-9-10-11-15-18-26(33)32-28(35)31-23-19-20-25(29)24(21-23)27(34)30-22-16-13-12-14-17-22/h19-22H,2-18H2,1H3,(H,30,34)(H2,31,32,33,35). The van der Waals surface area contributed by atoms with E-state index in [2.05, 4.69) is 22.9 Å². The van der Waals surface area contributed by atoms with E-state index in [0.29, 0.717) is 22.7 Å². The van der Waals surface area contributed by atoms with Crippen LogP contribution in [0.2, 0.25) is 5.02 Å². The van der Waals surface area contributed by atoms with Crippen molar-refractivity contribution in [3.8, 4) is 0 Å². The fourth-order valence-corrected chi connectivity index (χ4v) is 5.02. The first-order chi connectivity index (χ1) is 17.0. The number of amides is 2. The first-order valence-corrected chi connectivity index (χ1v) is 14.5. The summed E-state index contributed by atoms with van der Waals surface area (Å²) in [6.07, 6.45) is 19.8. The molecule has 1 aromatic rings. The Labute approximate surface area is 222 Å². The fraction of sp³-hybridized carbons (Fsp3) is 0.679. The van der Waals surface area contributed by atoms with E-state index in [1.807, 2.05) is 0 Å². The molecular formula is C28H44ClN3O2S. The van der Waals surface area contributed by atoms with Gasteiger partial charge in [-0.2, -0.15) is 0 Å². The molecule has 3 N–H and O–H groups in total. The number of anilines is 1. The Morgan fingerprint density at radius 2 is 1.51 bits per heavy atom. The van der Waals surface area contributed by atoms with Crippen LogP contribution in [0.15, 0.2) is 18.2 Å². The van der Waals surface area contributed by atoms with Crippen molar-refractivity contribution in [3.63, 3.8) is 0 Å². The lowest BCUT2D eigenvalue weighted by atomic mass is 9.95. The van der Waals surface area contributed by atoms with E-state index >= 15 is 0 Å². The van der Waals surface area contributed by atoms with Gasteiger partial charge in [0.25, 0.3) is 5.91 Å². The minimum Gasteiger partial charge on any atom is -0.349 e. The van der Waals surface area contributed by atoms with Crippen molar-refractivity contribution >= 4 is 46.4 Å². The minimum absolute atomic E-state index is 0.0809. The number of thiocarbonyl (C=S) groups is 1. The fourth-order valence-electron chi connectivity index (χ4n) is 4.59. The molecule has 2 rings (SSSR count). The molecule has 7 heteroatoms. The predicted molar refractivity (Wildman–Crippen MR) is 151 cm³/mol. The molecule has 5 nitrogen and oxygen atoms in total. The Kier molecular flexibility index (Phi) is 15.0. The number of benzene rings is 1. The molecule has 1 saturated carbocycles. The monoisotopic (exact) mass is 521 g/mol. The molecule has 0 aromatic heterocycles. The smallest absolute Gasteiger partial charge is 0.253 e. The predicted octanol–water partition coefficient (Wildman–Crippen LogP) is 7.92. The lowest BCUT2D eigenvalue weighted by Crippen LogP contribution is -2.36. The molecule has 2 amide bonds. The van der Waals surface area contributed by atoms with Crippen molar-refractivity contribution in [3.05, 3.63) is 28.8 Å². The summed E-state index contributed by atoms with van der Waals surface area (Å²) in [5, 5.41) is 9.47. The van der Waals surface area contributed by atoms with Crippen LogP contribution in [0.1, 0.15) is 126 Å². The third kappa shape index (κ3) is 12.7. The summed E-state index contributed by atoms with van der Waals surface area (Å²) in [6.45, 7) is 2.25. The van der Waals surface area contributed by atoms with Crippen LogP contribution in [0.25, 0.3) is 0 Å². The molecule has 0 atom stereocenters. The maximum Gasteiger partial charge on any atom is 0.253 e. The second-order valence-electron chi connectivity index (χ2n) is 9.79. The largest absolute Gasteiger partial charge is 0.349 e. The van der Waals surface area contributed by atoms with E-state index in [1.165, 1.54) is 64.2 Å². The third-order valence-corrected chi connectivity index (χ3v) is 7.20. The van der Waals surface area contributed by atoms with Gasteiger partial charge in [0.05, 0.1) is 10.6 Å². The van der Waals surface area contributed by atoms with Crippen molar-refractivity contribution < 1.29 is 9.59 Å². The topological polar surface area (TPSA) is 70.2 Å². The van der Waals surface area contributed by atoms with Gasteiger partial charge in [-0.15, -0.1) is 0 Å². The van der Waals surface area contributed by atoms with Gasteiger partial charge in [-0.05, 0) is 49.7 Å². The number of halogens is 1. The van der Waals surface area contributed by atoms with Gasteiger partial charge in [0.1, 0.15) is 0 Å². The second-order valence-corrected chi connectivity index (χ2v) is 10.6. The summed E-state index contributed by atoms with van der Waals surface area (Å²) < 4.78 is 0.